The summed E-state index contributed by atoms with van der Waals surface area (Å²) in [5.74, 6) is -0.356. The number of carbonyl (C=O) groups is 1. The minimum Gasteiger partial charge on any atom is -0.465 e. The fourth-order valence-electron chi connectivity index (χ4n) is 2.48. The van der Waals surface area contributed by atoms with E-state index >= 15 is 0 Å². The summed E-state index contributed by atoms with van der Waals surface area (Å²) in [6, 6.07) is 0. The molecule has 1 aliphatic rings. The van der Waals surface area contributed by atoms with Gasteiger partial charge in [-0.1, -0.05) is 13.3 Å². The molecule has 1 saturated carbocycles. The Bertz CT molecular complexity index is 496. The van der Waals surface area contributed by atoms with E-state index in [0.29, 0.717) is 16.0 Å². The molecule has 20 heavy (non-hydrogen) atoms. The summed E-state index contributed by atoms with van der Waals surface area (Å²) < 4.78 is 4.78. The molecule has 0 radical (unpaired) electrons. The minimum atomic E-state index is -0.356. The SMILES string of the molecule is CCCC1(CNc2sc(C(=O)OC)c(N)c2SC)CC1. The number of thiophene rings is 1. The van der Waals surface area contributed by atoms with Gasteiger partial charge in [0.25, 0.3) is 0 Å². The van der Waals surface area contributed by atoms with Crippen molar-refractivity contribution in [2.24, 2.45) is 5.41 Å². The lowest BCUT2D eigenvalue weighted by Crippen LogP contribution is -2.14. The van der Waals surface area contributed by atoms with E-state index in [1.54, 1.807) is 11.8 Å². The fourth-order valence-corrected chi connectivity index (χ4v) is 4.43. The summed E-state index contributed by atoms with van der Waals surface area (Å²) in [5, 5.41) is 4.50. The molecule has 0 aromatic carbocycles. The molecule has 2 rings (SSSR count). The maximum Gasteiger partial charge on any atom is 0.350 e. The molecule has 6 heteroatoms. The molecule has 0 unspecified atom stereocenters. The van der Waals surface area contributed by atoms with Gasteiger partial charge >= 0.3 is 5.97 Å². The highest BCUT2D eigenvalue weighted by atomic mass is 32.2. The van der Waals surface area contributed by atoms with Crippen LogP contribution in [0.2, 0.25) is 0 Å². The number of nitrogen functional groups attached to an aromatic ring is 1. The Morgan fingerprint density at radius 2 is 2.25 bits per heavy atom. The van der Waals surface area contributed by atoms with Gasteiger partial charge < -0.3 is 15.8 Å². The number of anilines is 2. The topological polar surface area (TPSA) is 64.3 Å². The molecular formula is C14H22N2O2S2. The number of hydrogen-bond donors (Lipinski definition) is 2. The molecule has 0 atom stereocenters. The Kier molecular flexibility index (Phi) is 4.86. The average Bonchev–Trinajstić information content (AvgIpc) is 3.13. The smallest absolute Gasteiger partial charge is 0.350 e. The maximum absolute atomic E-state index is 11.7. The number of esters is 1. The van der Waals surface area contributed by atoms with Crippen molar-refractivity contribution in [2.75, 3.05) is 31.0 Å². The summed E-state index contributed by atoms with van der Waals surface area (Å²) in [6.45, 7) is 3.20. The van der Waals surface area contributed by atoms with Crippen molar-refractivity contribution in [3.8, 4) is 0 Å². The largest absolute Gasteiger partial charge is 0.465 e. The molecule has 0 aliphatic heterocycles. The third-order valence-corrected chi connectivity index (χ3v) is 5.94. The van der Waals surface area contributed by atoms with Crippen molar-refractivity contribution in [3.63, 3.8) is 0 Å². The highest BCUT2D eigenvalue weighted by molar-refractivity contribution is 7.99. The van der Waals surface area contributed by atoms with Gasteiger partial charge in [0.2, 0.25) is 0 Å². The van der Waals surface area contributed by atoms with Crippen LogP contribution in [0.5, 0.6) is 0 Å². The first-order valence-corrected chi connectivity index (χ1v) is 8.89. The van der Waals surface area contributed by atoms with Crippen LogP contribution in [0.25, 0.3) is 0 Å². The molecule has 3 N–H and O–H groups in total. The Morgan fingerprint density at radius 3 is 2.75 bits per heavy atom. The van der Waals surface area contributed by atoms with E-state index in [-0.39, 0.29) is 5.97 Å². The molecule has 1 aromatic heterocycles. The number of nitrogens with two attached hydrogens (primary N) is 1. The first-order chi connectivity index (χ1) is 9.56. The first-order valence-electron chi connectivity index (χ1n) is 6.85. The van der Waals surface area contributed by atoms with Crippen LogP contribution in [0.4, 0.5) is 10.7 Å². The number of carbonyl (C=O) groups excluding carboxylic acids is 1. The molecule has 0 amide bonds. The lowest BCUT2D eigenvalue weighted by atomic mass is 10.0. The normalized spacial score (nSPS) is 15.9. The molecule has 0 saturated heterocycles. The summed E-state index contributed by atoms with van der Waals surface area (Å²) in [6.07, 6.45) is 7.06. The van der Waals surface area contributed by atoms with Gasteiger partial charge in [0, 0.05) is 6.54 Å². The molecule has 0 bridgehead atoms. The molecule has 1 heterocycles. The van der Waals surface area contributed by atoms with E-state index in [9.17, 15) is 4.79 Å². The van der Waals surface area contributed by atoms with E-state index in [1.807, 2.05) is 6.26 Å². The second-order valence-corrected chi connectivity index (χ2v) is 7.14. The van der Waals surface area contributed by atoms with Crippen LogP contribution >= 0.6 is 23.1 Å². The standard InChI is InChI=1S/C14H22N2O2S2/c1-4-5-14(6-7-14)8-16-12-10(19-3)9(15)11(20-12)13(17)18-2/h16H,4-8,15H2,1-3H3. The van der Waals surface area contributed by atoms with Crippen LogP contribution in [0.3, 0.4) is 0 Å². The zero-order valence-corrected chi connectivity index (χ0v) is 13.9. The van der Waals surface area contributed by atoms with Crippen LogP contribution in [-0.4, -0.2) is 25.9 Å². The molecule has 112 valence electrons. The lowest BCUT2D eigenvalue weighted by molar-refractivity contribution is 0.0607. The second kappa shape index (κ2) is 6.26. The Labute approximate surface area is 128 Å². The summed E-state index contributed by atoms with van der Waals surface area (Å²) >= 11 is 2.97. The summed E-state index contributed by atoms with van der Waals surface area (Å²) in [4.78, 5) is 13.2. The highest BCUT2D eigenvalue weighted by Gasteiger charge is 2.41. The number of nitrogens with one attached hydrogen (secondary N) is 1. The van der Waals surface area contributed by atoms with Gasteiger partial charge in [0.1, 0.15) is 9.88 Å². The number of ether oxygens (including phenoxy) is 1. The van der Waals surface area contributed by atoms with Crippen molar-refractivity contribution in [2.45, 2.75) is 37.5 Å². The van der Waals surface area contributed by atoms with Gasteiger partial charge in [-0.05, 0) is 30.9 Å². The number of thioether (sulfide) groups is 1. The Balaban J connectivity index is 2.13. The van der Waals surface area contributed by atoms with Gasteiger partial charge in [0.05, 0.1) is 17.7 Å². The minimum absolute atomic E-state index is 0.356. The monoisotopic (exact) mass is 314 g/mol. The van der Waals surface area contributed by atoms with Crippen LogP contribution < -0.4 is 11.1 Å². The van der Waals surface area contributed by atoms with Crippen LogP contribution in [0, 0.1) is 5.41 Å². The lowest BCUT2D eigenvalue weighted by Gasteiger charge is -2.15. The quantitative estimate of drug-likeness (QED) is 0.591. The zero-order chi connectivity index (χ0) is 14.8. The van der Waals surface area contributed by atoms with E-state index in [2.05, 4.69) is 12.2 Å². The molecule has 4 nitrogen and oxygen atoms in total. The van der Waals surface area contributed by atoms with E-state index in [0.717, 1.165) is 16.4 Å². The molecular weight excluding hydrogens is 292 g/mol. The van der Waals surface area contributed by atoms with Gasteiger partial charge in [-0.15, -0.1) is 23.1 Å². The molecule has 1 fully saturated rings. The number of methoxy groups -OCH3 is 1. The number of rotatable bonds is 7. The Morgan fingerprint density at radius 1 is 1.55 bits per heavy atom. The van der Waals surface area contributed by atoms with Crippen molar-refractivity contribution in [1.29, 1.82) is 0 Å². The van der Waals surface area contributed by atoms with Gasteiger partial charge in [0.15, 0.2) is 0 Å². The summed E-state index contributed by atoms with van der Waals surface area (Å²) in [5.41, 5.74) is 7.06. The predicted octanol–water partition coefficient (Wildman–Crippen LogP) is 3.83. The fraction of sp³-hybridized carbons (Fsp3) is 0.643. The second-order valence-electron chi connectivity index (χ2n) is 5.30. The first kappa shape index (κ1) is 15.5. The molecule has 0 spiro atoms. The van der Waals surface area contributed by atoms with Crippen molar-refractivity contribution >= 4 is 39.8 Å². The molecule has 1 aliphatic carbocycles. The van der Waals surface area contributed by atoms with E-state index in [4.69, 9.17) is 10.5 Å². The third kappa shape index (κ3) is 3.06. The Hall–Kier alpha value is -0.880. The van der Waals surface area contributed by atoms with Gasteiger partial charge in [-0.25, -0.2) is 4.79 Å². The summed E-state index contributed by atoms with van der Waals surface area (Å²) in [7, 11) is 1.38. The van der Waals surface area contributed by atoms with Crippen molar-refractivity contribution < 1.29 is 9.53 Å². The van der Waals surface area contributed by atoms with Crippen LogP contribution in [-0.2, 0) is 4.74 Å². The van der Waals surface area contributed by atoms with E-state index < -0.39 is 0 Å². The average molecular weight is 314 g/mol. The van der Waals surface area contributed by atoms with Gasteiger partial charge in [-0.2, -0.15) is 0 Å². The van der Waals surface area contributed by atoms with Crippen molar-refractivity contribution in [3.05, 3.63) is 4.88 Å². The molecule has 1 aromatic rings. The predicted molar refractivity (Wildman–Crippen MR) is 86.9 cm³/mol. The zero-order valence-electron chi connectivity index (χ0n) is 12.2. The van der Waals surface area contributed by atoms with Gasteiger partial charge in [-0.3, -0.25) is 0 Å². The third-order valence-electron chi connectivity index (χ3n) is 3.84. The van der Waals surface area contributed by atoms with E-state index in [1.165, 1.54) is 44.1 Å². The van der Waals surface area contributed by atoms with Crippen molar-refractivity contribution in [1.82, 2.24) is 0 Å². The highest BCUT2D eigenvalue weighted by Crippen LogP contribution is 2.50. The van der Waals surface area contributed by atoms with Crippen LogP contribution in [0.15, 0.2) is 4.90 Å². The van der Waals surface area contributed by atoms with Crippen LogP contribution in [0.1, 0.15) is 42.3 Å². The maximum atomic E-state index is 11.7. The number of hydrogen-bond acceptors (Lipinski definition) is 6.